The molecular formula is C16H19NO3. The Balaban J connectivity index is 1.85. The first kappa shape index (κ1) is 13.0. The molecule has 1 N–H and O–H groups in total. The Hall–Kier alpha value is -1.97. The van der Waals surface area contributed by atoms with Gasteiger partial charge in [0.05, 0.1) is 18.6 Å². The normalized spacial score (nSPS) is 26.9. The van der Waals surface area contributed by atoms with Gasteiger partial charge in [0.15, 0.2) is 5.78 Å². The minimum absolute atomic E-state index is 0.171. The summed E-state index contributed by atoms with van der Waals surface area (Å²) in [5.41, 5.74) is 1.29. The summed E-state index contributed by atoms with van der Waals surface area (Å²) >= 11 is 0. The van der Waals surface area contributed by atoms with Crippen molar-refractivity contribution in [1.29, 1.82) is 0 Å². The van der Waals surface area contributed by atoms with E-state index in [1.807, 2.05) is 31.2 Å². The largest absolute Gasteiger partial charge is 0.500 e. The van der Waals surface area contributed by atoms with Crippen LogP contribution in [0.1, 0.15) is 36.5 Å². The molecule has 2 aliphatic heterocycles. The second kappa shape index (κ2) is 5.19. The van der Waals surface area contributed by atoms with Gasteiger partial charge in [-0.15, -0.1) is 0 Å². The molecule has 1 aromatic carbocycles. The monoisotopic (exact) mass is 273 g/mol. The summed E-state index contributed by atoms with van der Waals surface area (Å²) in [5.74, 6) is 0.880. The second-order valence-corrected chi connectivity index (χ2v) is 5.33. The van der Waals surface area contributed by atoms with Crippen molar-refractivity contribution in [2.75, 3.05) is 13.2 Å². The van der Waals surface area contributed by atoms with E-state index < -0.39 is 5.60 Å². The predicted molar refractivity (Wildman–Crippen MR) is 75.7 cm³/mol. The number of piperidine rings is 1. The number of benzene rings is 1. The van der Waals surface area contributed by atoms with Crippen molar-refractivity contribution in [3.8, 4) is 5.75 Å². The highest BCUT2D eigenvalue weighted by molar-refractivity contribution is 6.00. The van der Waals surface area contributed by atoms with Crippen molar-refractivity contribution in [1.82, 2.24) is 5.32 Å². The molecule has 2 aliphatic rings. The standard InChI is InChI=1S/C16H19NO3/c1-2-19-11-12-9-16(7-8-17-12)10-14(18)13-5-3-4-6-15(13)20-16/h3-6,11,17H,2,7-10H2,1H3/b12-11+. The SMILES string of the molecule is CCO/C=C1\CC2(CCN1)CC(=O)c1ccccc1O2. The van der Waals surface area contributed by atoms with E-state index in [0.29, 0.717) is 30.8 Å². The molecule has 1 unspecified atom stereocenters. The summed E-state index contributed by atoms with van der Waals surface area (Å²) in [5, 5.41) is 3.31. The molecule has 1 fully saturated rings. The average Bonchev–Trinajstić information content (AvgIpc) is 2.45. The van der Waals surface area contributed by atoms with E-state index in [1.165, 1.54) is 0 Å². The summed E-state index contributed by atoms with van der Waals surface area (Å²) in [7, 11) is 0. The minimum atomic E-state index is -0.417. The van der Waals surface area contributed by atoms with Crippen molar-refractivity contribution < 1.29 is 14.3 Å². The molecule has 4 heteroatoms. The van der Waals surface area contributed by atoms with Crippen LogP contribution in [0.5, 0.6) is 5.75 Å². The fraction of sp³-hybridized carbons (Fsp3) is 0.438. The first-order valence-electron chi connectivity index (χ1n) is 7.08. The number of para-hydroxylation sites is 1. The molecule has 0 radical (unpaired) electrons. The third-order valence-electron chi connectivity index (χ3n) is 3.83. The molecule has 0 aliphatic carbocycles. The zero-order chi connectivity index (χ0) is 14.0. The molecule has 1 aromatic rings. The Morgan fingerprint density at radius 3 is 3.10 bits per heavy atom. The highest BCUT2D eigenvalue weighted by atomic mass is 16.5. The second-order valence-electron chi connectivity index (χ2n) is 5.33. The maximum absolute atomic E-state index is 12.3. The smallest absolute Gasteiger partial charge is 0.170 e. The van der Waals surface area contributed by atoms with Crippen molar-refractivity contribution in [2.45, 2.75) is 31.8 Å². The molecule has 1 atom stereocenters. The number of nitrogens with one attached hydrogen (secondary N) is 1. The van der Waals surface area contributed by atoms with Crippen LogP contribution < -0.4 is 10.1 Å². The maximum atomic E-state index is 12.3. The van der Waals surface area contributed by atoms with Gasteiger partial charge >= 0.3 is 0 Å². The molecule has 106 valence electrons. The van der Waals surface area contributed by atoms with Gasteiger partial charge in [0, 0.05) is 25.1 Å². The molecule has 0 aromatic heterocycles. The van der Waals surface area contributed by atoms with Gasteiger partial charge in [0.25, 0.3) is 0 Å². The van der Waals surface area contributed by atoms with Crippen molar-refractivity contribution in [2.24, 2.45) is 0 Å². The number of ketones is 1. The molecule has 1 saturated heterocycles. The number of carbonyl (C=O) groups is 1. The maximum Gasteiger partial charge on any atom is 0.170 e. The topological polar surface area (TPSA) is 47.6 Å². The third-order valence-corrected chi connectivity index (χ3v) is 3.83. The molecule has 0 amide bonds. The number of fused-ring (bicyclic) bond motifs is 1. The number of Topliss-reactive ketones (excluding diaryl/α,β-unsaturated/α-hetero) is 1. The van der Waals surface area contributed by atoms with Crippen LogP contribution in [0.15, 0.2) is 36.2 Å². The Labute approximate surface area is 118 Å². The van der Waals surface area contributed by atoms with Crippen LogP contribution in [0.2, 0.25) is 0 Å². The average molecular weight is 273 g/mol. The van der Waals surface area contributed by atoms with Crippen LogP contribution in [0.25, 0.3) is 0 Å². The van der Waals surface area contributed by atoms with Gasteiger partial charge in [0.2, 0.25) is 0 Å². The Morgan fingerprint density at radius 2 is 2.25 bits per heavy atom. The van der Waals surface area contributed by atoms with E-state index >= 15 is 0 Å². The molecule has 3 rings (SSSR count). The van der Waals surface area contributed by atoms with Gasteiger partial charge in [-0.1, -0.05) is 12.1 Å². The van der Waals surface area contributed by atoms with E-state index in [1.54, 1.807) is 6.26 Å². The summed E-state index contributed by atoms with van der Waals surface area (Å²) in [6, 6.07) is 7.49. The third kappa shape index (κ3) is 2.38. The van der Waals surface area contributed by atoms with Crippen LogP contribution in [-0.4, -0.2) is 24.5 Å². The minimum Gasteiger partial charge on any atom is -0.500 e. The summed E-state index contributed by atoms with van der Waals surface area (Å²) in [4.78, 5) is 12.3. The summed E-state index contributed by atoms with van der Waals surface area (Å²) in [6.07, 6.45) is 3.70. The lowest BCUT2D eigenvalue weighted by Gasteiger charge is -2.41. The van der Waals surface area contributed by atoms with E-state index in [2.05, 4.69) is 5.32 Å². The lowest BCUT2D eigenvalue weighted by molar-refractivity contribution is 0.0257. The lowest BCUT2D eigenvalue weighted by atomic mass is 9.82. The lowest BCUT2D eigenvalue weighted by Crippen LogP contribution is -2.48. The molecule has 1 spiro atoms. The number of rotatable bonds is 2. The van der Waals surface area contributed by atoms with Crippen molar-refractivity contribution >= 4 is 5.78 Å². The fourth-order valence-corrected chi connectivity index (χ4v) is 2.90. The Bertz CT molecular complexity index is 552. The zero-order valence-corrected chi connectivity index (χ0v) is 11.6. The Morgan fingerprint density at radius 1 is 1.40 bits per heavy atom. The highest BCUT2D eigenvalue weighted by Gasteiger charge is 2.42. The van der Waals surface area contributed by atoms with Crippen LogP contribution in [0.4, 0.5) is 0 Å². The van der Waals surface area contributed by atoms with Crippen LogP contribution in [-0.2, 0) is 4.74 Å². The molecule has 20 heavy (non-hydrogen) atoms. The van der Waals surface area contributed by atoms with E-state index in [0.717, 1.165) is 18.7 Å². The molecular weight excluding hydrogens is 254 g/mol. The van der Waals surface area contributed by atoms with E-state index in [9.17, 15) is 4.79 Å². The summed E-state index contributed by atoms with van der Waals surface area (Å²) < 4.78 is 11.5. The quantitative estimate of drug-likeness (QED) is 0.842. The molecule has 2 heterocycles. The molecule has 0 bridgehead atoms. The van der Waals surface area contributed by atoms with Gasteiger partial charge in [0.1, 0.15) is 17.6 Å². The molecule has 4 nitrogen and oxygen atoms in total. The van der Waals surface area contributed by atoms with E-state index in [4.69, 9.17) is 9.47 Å². The summed E-state index contributed by atoms with van der Waals surface area (Å²) in [6.45, 7) is 3.39. The van der Waals surface area contributed by atoms with Crippen molar-refractivity contribution in [3.05, 3.63) is 41.8 Å². The highest BCUT2D eigenvalue weighted by Crippen LogP contribution is 2.39. The number of hydrogen-bond donors (Lipinski definition) is 1. The Kier molecular flexibility index (Phi) is 3.38. The van der Waals surface area contributed by atoms with Gasteiger partial charge in [-0.3, -0.25) is 4.79 Å². The van der Waals surface area contributed by atoms with Gasteiger partial charge in [-0.2, -0.15) is 0 Å². The fourth-order valence-electron chi connectivity index (χ4n) is 2.90. The number of ether oxygens (including phenoxy) is 2. The van der Waals surface area contributed by atoms with Crippen LogP contribution in [0.3, 0.4) is 0 Å². The van der Waals surface area contributed by atoms with Gasteiger partial charge < -0.3 is 14.8 Å². The number of hydrogen-bond acceptors (Lipinski definition) is 4. The first-order chi connectivity index (χ1) is 9.72. The van der Waals surface area contributed by atoms with Crippen LogP contribution in [0, 0.1) is 0 Å². The first-order valence-corrected chi connectivity index (χ1v) is 7.08. The zero-order valence-electron chi connectivity index (χ0n) is 11.6. The number of carbonyl (C=O) groups excluding carboxylic acids is 1. The predicted octanol–water partition coefficient (Wildman–Crippen LogP) is 2.65. The molecule has 0 saturated carbocycles. The van der Waals surface area contributed by atoms with Crippen molar-refractivity contribution in [3.63, 3.8) is 0 Å². The van der Waals surface area contributed by atoms with E-state index in [-0.39, 0.29) is 5.78 Å². The van der Waals surface area contributed by atoms with Gasteiger partial charge in [-0.25, -0.2) is 0 Å². The van der Waals surface area contributed by atoms with Gasteiger partial charge in [-0.05, 0) is 19.1 Å². The van der Waals surface area contributed by atoms with Crippen LogP contribution >= 0.6 is 0 Å².